The van der Waals surface area contributed by atoms with E-state index in [1.807, 2.05) is 31.2 Å². The lowest BCUT2D eigenvalue weighted by molar-refractivity contribution is 0.281. The average molecular weight is 255 g/mol. The maximum absolute atomic E-state index is 9.12. The molecule has 0 spiro atoms. The van der Waals surface area contributed by atoms with Gasteiger partial charge in [-0.05, 0) is 36.8 Å². The standard InChI is InChI=1S/C15H13NOS/c1-11-2-5-14(6-3-11)18-15-7-4-12(10-17)8-13(15)9-16/h2-8,17H,10H2,1H3. The van der Waals surface area contributed by atoms with Crippen molar-refractivity contribution >= 4 is 11.8 Å². The van der Waals surface area contributed by atoms with Crippen molar-refractivity contribution in [3.05, 3.63) is 59.2 Å². The van der Waals surface area contributed by atoms with Gasteiger partial charge in [0.1, 0.15) is 6.07 Å². The van der Waals surface area contributed by atoms with Gasteiger partial charge in [-0.2, -0.15) is 5.26 Å². The molecule has 0 radical (unpaired) electrons. The van der Waals surface area contributed by atoms with Crippen LogP contribution in [0.4, 0.5) is 0 Å². The summed E-state index contributed by atoms with van der Waals surface area (Å²) in [5, 5.41) is 18.2. The molecule has 2 aromatic rings. The zero-order valence-electron chi connectivity index (χ0n) is 10.1. The van der Waals surface area contributed by atoms with Gasteiger partial charge in [0.25, 0.3) is 0 Å². The summed E-state index contributed by atoms with van der Waals surface area (Å²) in [6.45, 7) is 2.01. The first-order valence-corrected chi connectivity index (χ1v) is 6.43. The van der Waals surface area contributed by atoms with Crippen LogP contribution in [-0.4, -0.2) is 5.11 Å². The second kappa shape index (κ2) is 5.72. The summed E-state index contributed by atoms with van der Waals surface area (Å²) in [7, 11) is 0. The third-order valence-electron chi connectivity index (χ3n) is 2.60. The molecule has 0 fully saturated rings. The van der Waals surface area contributed by atoms with Crippen molar-refractivity contribution in [3.8, 4) is 6.07 Å². The normalized spacial score (nSPS) is 10.1. The summed E-state index contributed by atoms with van der Waals surface area (Å²) >= 11 is 1.56. The molecule has 0 aliphatic rings. The van der Waals surface area contributed by atoms with Crippen LogP contribution in [0, 0.1) is 18.3 Å². The predicted octanol–water partition coefficient (Wildman–Crippen LogP) is 3.51. The monoisotopic (exact) mass is 255 g/mol. The van der Waals surface area contributed by atoms with Gasteiger partial charge in [0.2, 0.25) is 0 Å². The zero-order chi connectivity index (χ0) is 13.0. The van der Waals surface area contributed by atoms with Crippen LogP contribution in [0.2, 0.25) is 0 Å². The first-order chi connectivity index (χ1) is 8.72. The van der Waals surface area contributed by atoms with E-state index in [0.29, 0.717) is 5.56 Å². The third-order valence-corrected chi connectivity index (χ3v) is 3.68. The van der Waals surface area contributed by atoms with Crippen LogP contribution in [0.3, 0.4) is 0 Å². The fraction of sp³-hybridized carbons (Fsp3) is 0.133. The highest BCUT2D eigenvalue weighted by Crippen LogP contribution is 2.30. The maximum Gasteiger partial charge on any atom is 0.100 e. The zero-order valence-corrected chi connectivity index (χ0v) is 10.9. The van der Waals surface area contributed by atoms with Crippen molar-refractivity contribution < 1.29 is 5.11 Å². The number of aliphatic hydroxyl groups is 1. The molecule has 18 heavy (non-hydrogen) atoms. The summed E-state index contributed by atoms with van der Waals surface area (Å²) in [5.74, 6) is 0. The number of aliphatic hydroxyl groups excluding tert-OH is 1. The van der Waals surface area contributed by atoms with Crippen LogP contribution in [0.25, 0.3) is 0 Å². The minimum atomic E-state index is -0.0375. The van der Waals surface area contributed by atoms with Gasteiger partial charge < -0.3 is 5.11 Å². The molecule has 3 heteroatoms. The van der Waals surface area contributed by atoms with Gasteiger partial charge in [-0.3, -0.25) is 0 Å². The summed E-state index contributed by atoms with van der Waals surface area (Å²) in [6.07, 6.45) is 0. The Labute approximate surface area is 111 Å². The van der Waals surface area contributed by atoms with Crippen molar-refractivity contribution in [2.45, 2.75) is 23.3 Å². The van der Waals surface area contributed by atoms with E-state index in [4.69, 9.17) is 10.4 Å². The average Bonchev–Trinajstić information content (AvgIpc) is 2.41. The molecule has 0 aliphatic heterocycles. The van der Waals surface area contributed by atoms with Gasteiger partial charge >= 0.3 is 0 Å². The molecule has 0 saturated carbocycles. The summed E-state index contributed by atoms with van der Waals surface area (Å²) in [5.41, 5.74) is 2.59. The molecule has 2 aromatic carbocycles. The molecular weight excluding hydrogens is 242 g/mol. The molecule has 0 saturated heterocycles. The molecule has 2 nitrogen and oxygen atoms in total. The van der Waals surface area contributed by atoms with Crippen LogP contribution in [-0.2, 0) is 6.61 Å². The topological polar surface area (TPSA) is 44.0 Å². The highest BCUT2D eigenvalue weighted by atomic mass is 32.2. The first-order valence-electron chi connectivity index (χ1n) is 5.61. The maximum atomic E-state index is 9.12. The quantitative estimate of drug-likeness (QED) is 0.912. The fourth-order valence-corrected chi connectivity index (χ4v) is 2.46. The van der Waals surface area contributed by atoms with E-state index >= 15 is 0 Å². The minimum Gasteiger partial charge on any atom is -0.392 e. The second-order valence-corrected chi connectivity index (χ2v) is 5.13. The lowest BCUT2D eigenvalue weighted by Gasteiger charge is -2.06. The Kier molecular flexibility index (Phi) is 4.03. The lowest BCUT2D eigenvalue weighted by atomic mass is 10.1. The Morgan fingerprint density at radius 3 is 2.50 bits per heavy atom. The molecule has 0 bridgehead atoms. The van der Waals surface area contributed by atoms with Gasteiger partial charge in [-0.1, -0.05) is 35.5 Å². The second-order valence-electron chi connectivity index (χ2n) is 4.02. The fourth-order valence-electron chi connectivity index (χ4n) is 1.59. The molecule has 0 atom stereocenters. The summed E-state index contributed by atoms with van der Waals surface area (Å²) in [6, 6.07) is 15.8. The molecule has 0 unspecified atom stereocenters. The van der Waals surface area contributed by atoms with Gasteiger partial charge in [0.05, 0.1) is 12.2 Å². The van der Waals surface area contributed by atoms with E-state index in [2.05, 4.69) is 18.2 Å². The van der Waals surface area contributed by atoms with Gasteiger partial charge in [-0.15, -0.1) is 0 Å². The van der Waals surface area contributed by atoms with E-state index in [-0.39, 0.29) is 6.61 Å². The van der Waals surface area contributed by atoms with Gasteiger partial charge in [0, 0.05) is 9.79 Å². The number of nitrogens with zero attached hydrogens (tertiary/aromatic N) is 1. The smallest absolute Gasteiger partial charge is 0.100 e. The van der Waals surface area contributed by atoms with Crippen molar-refractivity contribution in [1.82, 2.24) is 0 Å². The molecule has 0 amide bonds. The van der Waals surface area contributed by atoms with Crippen molar-refractivity contribution in [2.24, 2.45) is 0 Å². The first kappa shape index (κ1) is 12.7. The number of hydrogen-bond donors (Lipinski definition) is 1. The van der Waals surface area contributed by atoms with Gasteiger partial charge in [-0.25, -0.2) is 0 Å². The van der Waals surface area contributed by atoms with E-state index in [1.165, 1.54) is 5.56 Å². The molecule has 0 aromatic heterocycles. The Balaban J connectivity index is 2.29. The SMILES string of the molecule is Cc1ccc(Sc2ccc(CO)cc2C#N)cc1. The number of rotatable bonds is 3. The molecule has 90 valence electrons. The van der Waals surface area contributed by atoms with Crippen LogP contribution in [0.5, 0.6) is 0 Å². The van der Waals surface area contributed by atoms with E-state index < -0.39 is 0 Å². The molecule has 0 heterocycles. The minimum absolute atomic E-state index is 0.0375. The number of aryl methyl sites for hydroxylation is 1. The highest BCUT2D eigenvalue weighted by molar-refractivity contribution is 7.99. The Morgan fingerprint density at radius 1 is 1.17 bits per heavy atom. The Bertz CT molecular complexity index is 584. The van der Waals surface area contributed by atoms with Gasteiger partial charge in [0.15, 0.2) is 0 Å². The van der Waals surface area contributed by atoms with E-state index in [1.54, 1.807) is 17.8 Å². The molecule has 0 aliphatic carbocycles. The van der Waals surface area contributed by atoms with Crippen LogP contribution >= 0.6 is 11.8 Å². The third kappa shape index (κ3) is 2.92. The Hall–Kier alpha value is -1.76. The van der Waals surface area contributed by atoms with E-state index in [9.17, 15) is 0 Å². The number of benzene rings is 2. The van der Waals surface area contributed by atoms with Crippen molar-refractivity contribution in [2.75, 3.05) is 0 Å². The van der Waals surface area contributed by atoms with Crippen molar-refractivity contribution in [1.29, 1.82) is 5.26 Å². The number of nitriles is 1. The molecular formula is C15H13NOS. The highest BCUT2D eigenvalue weighted by Gasteiger charge is 2.05. The number of hydrogen-bond acceptors (Lipinski definition) is 3. The molecule has 1 N–H and O–H groups in total. The lowest BCUT2D eigenvalue weighted by Crippen LogP contribution is -1.87. The summed E-state index contributed by atoms with van der Waals surface area (Å²) < 4.78 is 0. The van der Waals surface area contributed by atoms with Crippen LogP contribution in [0.1, 0.15) is 16.7 Å². The van der Waals surface area contributed by atoms with E-state index in [0.717, 1.165) is 15.4 Å². The largest absolute Gasteiger partial charge is 0.392 e. The molecule has 2 rings (SSSR count). The predicted molar refractivity (Wildman–Crippen MR) is 72.4 cm³/mol. The summed E-state index contributed by atoms with van der Waals surface area (Å²) in [4.78, 5) is 2.02. The van der Waals surface area contributed by atoms with Crippen LogP contribution < -0.4 is 0 Å². The van der Waals surface area contributed by atoms with Crippen molar-refractivity contribution in [3.63, 3.8) is 0 Å². The Morgan fingerprint density at radius 2 is 1.89 bits per heavy atom. The van der Waals surface area contributed by atoms with Crippen LogP contribution in [0.15, 0.2) is 52.3 Å².